The lowest BCUT2D eigenvalue weighted by atomic mass is 10.2. The molecule has 1 aromatic rings. The first-order valence-corrected chi connectivity index (χ1v) is 4.73. The number of esters is 1. The van der Waals surface area contributed by atoms with Gasteiger partial charge < -0.3 is 4.74 Å². The summed E-state index contributed by atoms with van der Waals surface area (Å²) < 4.78 is 5.03. The minimum absolute atomic E-state index is 0.180. The zero-order chi connectivity index (χ0) is 10.4. The summed E-state index contributed by atoms with van der Waals surface area (Å²) in [5, 5.41) is 0. The molecule has 0 unspecified atom stereocenters. The Morgan fingerprint density at radius 3 is 2.57 bits per heavy atom. The van der Waals surface area contributed by atoms with E-state index in [4.69, 9.17) is 4.74 Å². The Morgan fingerprint density at radius 2 is 2.00 bits per heavy atom. The normalized spacial score (nSPS) is 9.86. The van der Waals surface area contributed by atoms with Gasteiger partial charge in [0.05, 0.1) is 0 Å². The molecule has 1 radical (unpaired) electrons. The molecule has 14 heavy (non-hydrogen) atoms. The van der Waals surface area contributed by atoms with Gasteiger partial charge in [-0.2, -0.15) is 0 Å². The molecule has 0 atom stereocenters. The molecule has 0 spiro atoms. The Balaban J connectivity index is 2.38. The highest BCUT2D eigenvalue weighted by Crippen LogP contribution is 2.05. The second-order valence-electron chi connectivity index (χ2n) is 3.25. The fourth-order valence-electron chi connectivity index (χ4n) is 1.06. The molecule has 0 amide bonds. The van der Waals surface area contributed by atoms with Gasteiger partial charge in [0.25, 0.3) is 0 Å². The largest absolute Gasteiger partial charge is 0.461 e. The molecule has 0 aliphatic carbocycles. The van der Waals surface area contributed by atoms with E-state index in [1.54, 1.807) is 0 Å². The van der Waals surface area contributed by atoms with E-state index in [0.717, 1.165) is 5.56 Å². The van der Waals surface area contributed by atoms with Crippen LogP contribution in [0.5, 0.6) is 0 Å². The summed E-state index contributed by atoms with van der Waals surface area (Å²) in [4.78, 5) is 11.0. The molecule has 0 aromatic heterocycles. The molecule has 0 fully saturated rings. The first-order valence-electron chi connectivity index (χ1n) is 4.73. The lowest BCUT2D eigenvalue weighted by Gasteiger charge is -2.03. The molecule has 2 heteroatoms. The third kappa shape index (κ3) is 3.60. The summed E-state index contributed by atoms with van der Waals surface area (Å²) in [6.45, 7) is 5.98. The molecule has 2 nitrogen and oxygen atoms in total. The van der Waals surface area contributed by atoms with E-state index in [2.05, 4.69) is 6.92 Å². The van der Waals surface area contributed by atoms with Gasteiger partial charge in [0.1, 0.15) is 6.61 Å². The summed E-state index contributed by atoms with van der Waals surface area (Å²) in [5.74, 6) is -0.180. The van der Waals surface area contributed by atoms with Gasteiger partial charge in [-0.05, 0) is 18.9 Å². The van der Waals surface area contributed by atoms with Crippen molar-refractivity contribution in [1.29, 1.82) is 0 Å². The quantitative estimate of drug-likeness (QED) is 0.684. The van der Waals surface area contributed by atoms with Gasteiger partial charge in [-0.25, -0.2) is 0 Å². The summed E-state index contributed by atoms with van der Waals surface area (Å²) in [6.07, 6.45) is 0.985. The number of aryl methyl sites for hydroxylation is 1. The van der Waals surface area contributed by atoms with Crippen LogP contribution in [0.15, 0.2) is 24.3 Å². The fraction of sp³-hybridized carbons (Fsp3) is 0.333. The van der Waals surface area contributed by atoms with E-state index in [9.17, 15) is 4.79 Å². The molecular formula is C12H15O2. The molecule has 0 N–H and O–H groups in total. The van der Waals surface area contributed by atoms with E-state index in [0.29, 0.717) is 19.4 Å². The molecular weight excluding hydrogens is 176 g/mol. The van der Waals surface area contributed by atoms with E-state index < -0.39 is 0 Å². The molecule has 0 saturated carbocycles. The van der Waals surface area contributed by atoms with Gasteiger partial charge >= 0.3 is 5.97 Å². The van der Waals surface area contributed by atoms with Crippen molar-refractivity contribution in [3.8, 4) is 0 Å². The van der Waals surface area contributed by atoms with E-state index in [1.165, 1.54) is 5.56 Å². The third-order valence-electron chi connectivity index (χ3n) is 1.90. The standard InChI is InChI=1S/C12H15O2/c1-3-4-12(13)14-9-11-7-5-10(2)6-8-11/h5-8H,1,3-4,9H2,2H3. The topological polar surface area (TPSA) is 26.3 Å². The second kappa shape index (κ2) is 5.43. The van der Waals surface area contributed by atoms with E-state index >= 15 is 0 Å². The first kappa shape index (κ1) is 10.8. The van der Waals surface area contributed by atoms with Crippen LogP contribution < -0.4 is 0 Å². The van der Waals surface area contributed by atoms with Crippen LogP contribution in [0.1, 0.15) is 24.0 Å². The average molecular weight is 191 g/mol. The molecule has 0 saturated heterocycles. The molecule has 0 heterocycles. The zero-order valence-electron chi connectivity index (χ0n) is 8.45. The minimum atomic E-state index is -0.180. The van der Waals surface area contributed by atoms with Crippen LogP contribution in [0.4, 0.5) is 0 Å². The van der Waals surface area contributed by atoms with Crippen LogP contribution in [0.25, 0.3) is 0 Å². The number of ether oxygens (including phenoxy) is 1. The molecule has 0 aliphatic rings. The van der Waals surface area contributed by atoms with Crippen LogP contribution in [0, 0.1) is 13.8 Å². The van der Waals surface area contributed by atoms with Crippen molar-refractivity contribution < 1.29 is 9.53 Å². The smallest absolute Gasteiger partial charge is 0.306 e. The SMILES string of the molecule is [CH2]CCC(=O)OCc1ccc(C)cc1. The van der Waals surface area contributed by atoms with Crippen LogP contribution in [0.2, 0.25) is 0 Å². The van der Waals surface area contributed by atoms with Crippen molar-refractivity contribution in [3.05, 3.63) is 42.3 Å². The maximum atomic E-state index is 11.0. The van der Waals surface area contributed by atoms with Gasteiger partial charge in [0.2, 0.25) is 0 Å². The van der Waals surface area contributed by atoms with Gasteiger partial charge in [0, 0.05) is 6.42 Å². The first-order chi connectivity index (χ1) is 6.72. The summed E-state index contributed by atoms with van der Waals surface area (Å²) >= 11 is 0. The maximum absolute atomic E-state index is 11.0. The number of benzene rings is 1. The van der Waals surface area contributed by atoms with Crippen molar-refractivity contribution >= 4 is 5.97 Å². The van der Waals surface area contributed by atoms with Crippen molar-refractivity contribution in [1.82, 2.24) is 0 Å². The number of hydrogen-bond acceptors (Lipinski definition) is 2. The maximum Gasteiger partial charge on any atom is 0.306 e. The number of carbonyl (C=O) groups is 1. The molecule has 0 bridgehead atoms. The Kier molecular flexibility index (Phi) is 4.17. The number of rotatable bonds is 4. The van der Waals surface area contributed by atoms with E-state index in [-0.39, 0.29) is 5.97 Å². The fourth-order valence-corrected chi connectivity index (χ4v) is 1.06. The summed E-state index contributed by atoms with van der Waals surface area (Å²) in [6, 6.07) is 7.94. The Hall–Kier alpha value is -1.31. The van der Waals surface area contributed by atoms with Crippen molar-refractivity contribution in [2.75, 3.05) is 0 Å². The summed E-state index contributed by atoms with van der Waals surface area (Å²) in [7, 11) is 0. The van der Waals surface area contributed by atoms with Crippen molar-refractivity contribution in [2.45, 2.75) is 26.4 Å². The molecule has 1 aromatic carbocycles. The van der Waals surface area contributed by atoms with Crippen LogP contribution in [0.3, 0.4) is 0 Å². The lowest BCUT2D eigenvalue weighted by Crippen LogP contribution is -2.03. The van der Waals surface area contributed by atoms with Gasteiger partial charge in [-0.1, -0.05) is 36.8 Å². The van der Waals surface area contributed by atoms with Crippen LogP contribution >= 0.6 is 0 Å². The molecule has 1 rings (SSSR count). The second-order valence-corrected chi connectivity index (χ2v) is 3.25. The van der Waals surface area contributed by atoms with Crippen molar-refractivity contribution in [3.63, 3.8) is 0 Å². The highest BCUT2D eigenvalue weighted by molar-refractivity contribution is 5.69. The summed E-state index contributed by atoms with van der Waals surface area (Å²) in [5.41, 5.74) is 2.23. The van der Waals surface area contributed by atoms with Gasteiger partial charge in [0.15, 0.2) is 0 Å². The number of hydrogen-bond donors (Lipinski definition) is 0. The van der Waals surface area contributed by atoms with Crippen LogP contribution in [-0.2, 0) is 16.1 Å². The zero-order valence-corrected chi connectivity index (χ0v) is 8.45. The number of carbonyl (C=O) groups excluding carboxylic acids is 1. The molecule has 0 aliphatic heterocycles. The average Bonchev–Trinajstić information content (AvgIpc) is 2.17. The Bertz CT molecular complexity index is 288. The molecule has 75 valence electrons. The van der Waals surface area contributed by atoms with Crippen LogP contribution in [-0.4, -0.2) is 5.97 Å². The lowest BCUT2D eigenvalue weighted by molar-refractivity contribution is -0.144. The predicted octanol–water partition coefficient (Wildman–Crippen LogP) is 2.65. The Labute approximate surface area is 84.9 Å². The van der Waals surface area contributed by atoms with Gasteiger partial charge in [-0.15, -0.1) is 0 Å². The third-order valence-corrected chi connectivity index (χ3v) is 1.90. The highest BCUT2D eigenvalue weighted by Gasteiger charge is 2.00. The monoisotopic (exact) mass is 191 g/mol. The van der Waals surface area contributed by atoms with Gasteiger partial charge in [-0.3, -0.25) is 4.79 Å². The van der Waals surface area contributed by atoms with E-state index in [1.807, 2.05) is 31.2 Å². The Morgan fingerprint density at radius 1 is 1.36 bits per heavy atom. The minimum Gasteiger partial charge on any atom is -0.461 e. The predicted molar refractivity (Wildman–Crippen MR) is 55.6 cm³/mol. The highest BCUT2D eigenvalue weighted by atomic mass is 16.5. The van der Waals surface area contributed by atoms with Crippen molar-refractivity contribution in [2.24, 2.45) is 0 Å².